The number of benzene rings is 1. The van der Waals surface area contributed by atoms with Crippen molar-refractivity contribution in [1.82, 2.24) is 29.8 Å². The molecule has 16 heteroatoms. The van der Waals surface area contributed by atoms with Gasteiger partial charge in [-0.05, 0) is 51.0 Å². The molecule has 0 aromatic heterocycles. The van der Waals surface area contributed by atoms with Crippen molar-refractivity contribution in [2.45, 2.75) is 129 Å². The molecule has 4 amide bonds. The quantitative estimate of drug-likeness (QED) is 0.127. The third-order valence-electron chi connectivity index (χ3n) is 12.1. The van der Waals surface area contributed by atoms with E-state index in [0.717, 1.165) is 18.4 Å². The molecule has 3 unspecified atom stereocenters. The minimum Gasteiger partial charge on any atom is -0.467 e. The highest BCUT2D eigenvalue weighted by Crippen LogP contribution is 2.30. The van der Waals surface area contributed by atoms with Crippen molar-refractivity contribution in [1.29, 1.82) is 0 Å². The third kappa shape index (κ3) is 14.0. The van der Waals surface area contributed by atoms with Crippen LogP contribution >= 0.6 is 0 Å². The first-order valence-electron chi connectivity index (χ1n) is 22.2. The summed E-state index contributed by atoms with van der Waals surface area (Å²) in [6.07, 6.45) is 0.738. The number of guanidine groups is 1. The second kappa shape index (κ2) is 23.9. The van der Waals surface area contributed by atoms with Gasteiger partial charge in [0.05, 0.1) is 43.7 Å². The highest BCUT2D eigenvalue weighted by atomic mass is 16.6. The van der Waals surface area contributed by atoms with Gasteiger partial charge in [-0.2, -0.15) is 0 Å². The average Bonchev–Trinajstić information content (AvgIpc) is 3.72. The van der Waals surface area contributed by atoms with Gasteiger partial charge in [-0.15, -0.1) is 0 Å². The number of carbonyl (C=O) groups excluding carboxylic acids is 5. The predicted molar refractivity (Wildman–Crippen MR) is 239 cm³/mol. The second-order valence-electron chi connectivity index (χ2n) is 18.3. The molecule has 1 aromatic rings. The molecule has 3 rings (SSSR count). The standard InChI is InChI=1S/C46H77N7O9/c1-15-31(4)39(50(11)42(56)38(30(2)3)48-44(49(9)10)51-24-26-52(27-25-51)45(58)62-46(6,7)8)36(59-12)29-37(54)53-23-19-22-35(53)40(60-13)32(5)41(55)47-34(43(57)61-14)28-33-20-17-16-18-21-33/h16-18,20-21,30-32,34-36,38-40H,15,19,22-29H2,1-14H3,(H,47,55)/t31-,32+,34?,35?,36+,38?,39-,40+/m0/s1. The molecule has 16 nitrogen and oxygen atoms in total. The summed E-state index contributed by atoms with van der Waals surface area (Å²) in [5, 5.41) is 2.87. The number of amides is 4. The summed E-state index contributed by atoms with van der Waals surface area (Å²) in [7, 11) is 9.97. The van der Waals surface area contributed by atoms with Crippen LogP contribution in [0.25, 0.3) is 0 Å². The summed E-state index contributed by atoms with van der Waals surface area (Å²) >= 11 is 0. The zero-order valence-electron chi connectivity index (χ0n) is 40.0. The van der Waals surface area contributed by atoms with Crippen LogP contribution in [0.1, 0.15) is 86.6 Å². The molecule has 0 bridgehead atoms. The van der Waals surface area contributed by atoms with Crippen LogP contribution in [0.2, 0.25) is 0 Å². The molecule has 0 aliphatic carbocycles. The lowest BCUT2D eigenvalue weighted by Crippen LogP contribution is -2.56. The Labute approximate surface area is 371 Å². The molecule has 0 spiro atoms. The number of piperazine rings is 1. The molecule has 350 valence electrons. The molecule has 2 fully saturated rings. The lowest BCUT2D eigenvalue weighted by molar-refractivity contribution is -0.148. The molecule has 2 heterocycles. The Hall–Kier alpha value is -4.44. The number of hydrogen-bond acceptors (Lipinski definition) is 10. The van der Waals surface area contributed by atoms with Crippen LogP contribution in [0.5, 0.6) is 0 Å². The number of carbonyl (C=O) groups is 5. The Bertz CT molecular complexity index is 1640. The van der Waals surface area contributed by atoms with Crippen LogP contribution in [0, 0.1) is 17.8 Å². The summed E-state index contributed by atoms with van der Waals surface area (Å²) in [5.41, 5.74) is 0.286. The smallest absolute Gasteiger partial charge is 0.410 e. The van der Waals surface area contributed by atoms with E-state index in [1.54, 1.807) is 35.8 Å². The third-order valence-corrected chi connectivity index (χ3v) is 12.1. The van der Waals surface area contributed by atoms with E-state index in [2.05, 4.69) is 24.1 Å². The lowest BCUT2D eigenvalue weighted by Gasteiger charge is -2.41. The molecular weight excluding hydrogens is 795 g/mol. The Morgan fingerprint density at radius 3 is 2.02 bits per heavy atom. The second-order valence-corrected chi connectivity index (χ2v) is 18.3. The Morgan fingerprint density at radius 1 is 0.887 bits per heavy atom. The molecule has 62 heavy (non-hydrogen) atoms. The lowest BCUT2D eigenvalue weighted by atomic mass is 9.89. The molecule has 1 N–H and O–H groups in total. The van der Waals surface area contributed by atoms with E-state index < -0.39 is 53.9 Å². The summed E-state index contributed by atoms with van der Waals surface area (Å²) in [6, 6.07) is 6.92. The maximum Gasteiger partial charge on any atom is 0.410 e. The number of likely N-dealkylation sites (N-methyl/N-ethyl adjacent to an activating group) is 1. The van der Waals surface area contributed by atoms with E-state index in [1.807, 2.05) is 83.9 Å². The molecule has 0 radical (unpaired) electrons. The monoisotopic (exact) mass is 872 g/mol. The van der Waals surface area contributed by atoms with Gasteiger partial charge in [0.25, 0.3) is 0 Å². The highest BCUT2D eigenvalue weighted by Gasteiger charge is 2.43. The number of esters is 1. The van der Waals surface area contributed by atoms with Crippen LogP contribution in [0.3, 0.4) is 0 Å². The number of hydrogen-bond donors (Lipinski definition) is 1. The molecule has 2 aliphatic heterocycles. The SMILES string of the molecule is CC[C@H](C)[C@@H]([C@@H](CC(=O)N1CCCC1[C@H](OC)[C@@H](C)C(=O)NC(Cc1ccccc1)C(=O)OC)OC)N(C)C(=O)C(N=C(N(C)C)N1CCN(C(=O)OC(C)(C)C)CC1)C(C)C. The van der Waals surface area contributed by atoms with Crippen molar-refractivity contribution < 1.29 is 42.9 Å². The molecule has 8 atom stereocenters. The minimum atomic E-state index is -0.896. The number of likely N-dealkylation sites (tertiary alicyclic amines) is 1. The fourth-order valence-corrected chi connectivity index (χ4v) is 8.51. The number of ether oxygens (including phenoxy) is 4. The Morgan fingerprint density at radius 2 is 1.50 bits per heavy atom. The van der Waals surface area contributed by atoms with Gasteiger partial charge in [0.15, 0.2) is 5.96 Å². The maximum absolute atomic E-state index is 14.7. The summed E-state index contributed by atoms with van der Waals surface area (Å²) in [4.78, 5) is 82.6. The number of aliphatic imine (C=N–C) groups is 1. The number of nitrogens with one attached hydrogen (secondary N) is 1. The van der Waals surface area contributed by atoms with Crippen molar-refractivity contribution >= 4 is 35.7 Å². The highest BCUT2D eigenvalue weighted by molar-refractivity contribution is 5.88. The van der Waals surface area contributed by atoms with E-state index >= 15 is 0 Å². The summed E-state index contributed by atoms with van der Waals surface area (Å²) in [5.74, 6) is -1.49. The fraction of sp³-hybridized carbons (Fsp3) is 0.739. The van der Waals surface area contributed by atoms with Crippen LogP contribution < -0.4 is 5.32 Å². The van der Waals surface area contributed by atoms with Gasteiger partial charge in [0.1, 0.15) is 17.7 Å². The van der Waals surface area contributed by atoms with Crippen LogP contribution in [0.4, 0.5) is 4.79 Å². The Balaban J connectivity index is 1.80. The average molecular weight is 872 g/mol. The largest absolute Gasteiger partial charge is 0.467 e. The van der Waals surface area contributed by atoms with Crippen LogP contribution in [0.15, 0.2) is 35.3 Å². The van der Waals surface area contributed by atoms with E-state index in [0.29, 0.717) is 45.1 Å². The van der Waals surface area contributed by atoms with Gasteiger partial charge < -0.3 is 48.8 Å². The molecule has 1 aromatic carbocycles. The van der Waals surface area contributed by atoms with Crippen molar-refractivity contribution in [3.05, 3.63) is 35.9 Å². The van der Waals surface area contributed by atoms with Gasteiger partial charge in [-0.1, -0.05) is 71.4 Å². The van der Waals surface area contributed by atoms with Crippen molar-refractivity contribution in [3.8, 4) is 0 Å². The normalized spacial score (nSPS) is 19.5. The number of rotatable bonds is 18. The van der Waals surface area contributed by atoms with Crippen LogP contribution in [-0.4, -0.2) is 177 Å². The zero-order valence-corrected chi connectivity index (χ0v) is 40.0. The van der Waals surface area contributed by atoms with E-state index in [1.165, 1.54) is 14.2 Å². The fourth-order valence-electron chi connectivity index (χ4n) is 8.51. The van der Waals surface area contributed by atoms with Crippen LogP contribution in [-0.2, 0) is 44.5 Å². The molecule has 2 saturated heterocycles. The van der Waals surface area contributed by atoms with Crippen molar-refractivity contribution in [2.75, 3.05) is 75.2 Å². The first-order valence-corrected chi connectivity index (χ1v) is 22.2. The van der Waals surface area contributed by atoms with Gasteiger partial charge >= 0.3 is 12.1 Å². The first kappa shape index (κ1) is 51.9. The number of nitrogens with zero attached hydrogens (tertiary/aromatic N) is 6. The molecule has 0 saturated carbocycles. The molecular formula is C46H77N7O9. The summed E-state index contributed by atoms with van der Waals surface area (Å²) < 4.78 is 22.7. The maximum atomic E-state index is 14.7. The predicted octanol–water partition coefficient (Wildman–Crippen LogP) is 4.30. The van der Waals surface area contributed by atoms with E-state index in [4.69, 9.17) is 23.9 Å². The first-order chi connectivity index (χ1) is 29.2. The topological polar surface area (TPSA) is 163 Å². The van der Waals surface area contributed by atoms with E-state index in [-0.39, 0.29) is 48.5 Å². The van der Waals surface area contributed by atoms with Crippen molar-refractivity contribution in [3.63, 3.8) is 0 Å². The minimum absolute atomic E-state index is 0.0125. The van der Waals surface area contributed by atoms with Gasteiger partial charge in [0, 0.05) is 74.5 Å². The number of methoxy groups -OCH3 is 3. The van der Waals surface area contributed by atoms with Gasteiger partial charge in [-0.3, -0.25) is 14.4 Å². The zero-order chi connectivity index (χ0) is 46.5. The summed E-state index contributed by atoms with van der Waals surface area (Å²) in [6.45, 7) is 17.8. The van der Waals surface area contributed by atoms with Gasteiger partial charge in [-0.25, -0.2) is 14.6 Å². The molecule has 2 aliphatic rings. The van der Waals surface area contributed by atoms with Crippen molar-refractivity contribution in [2.24, 2.45) is 22.7 Å². The Kier molecular flexibility index (Phi) is 20.0. The van der Waals surface area contributed by atoms with E-state index in [9.17, 15) is 24.0 Å². The van der Waals surface area contributed by atoms with Gasteiger partial charge in [0.2, 0.25) is 17.7 Å².